The van der Waals surface area contributed by atoms with Crippen LogP contribution in [0.3, 0.4) is 0 Å². The number of fused-ring (bicyclic) bond motifs is 1. The zero-order chi connectivity index (χ0) is 28.2. The lowest BCUT2D eigenvalue weighted by molar-refractivity contribution is -0.151. The van der Waals surface area contributed by atoms with E-state index in [1.54, 1.807) is 30.3 Å². The molecule has 2 aliphatic rings. The van der Waals surface area contributed by atoms with E-state index in [9.17, 15) is 29.2 Å². The fourth-order valence-electron chi connectivity index (χ4n) is 4.28. The molecule has 39 heavy (non-hydrogen) atoms. The van der Waals surface area contributed by atoms with Crippen molar-refractivity contribution in [3.8, 4) is 0 Å². The van der Waals surface area contributed by atoms with Crippen LogP contribution in [0.1, 0.15) is 24.5 Å². The SMILES string of the molecule is COP(=O)(CCCC(Sc1nnn[nH]1)C1=C(C(=O)O)N2C(=O)[C@@H](NC(=O)C(O)c3ccccc3)[C@@H]2SC1)OC. The molecule has 1 fully saturated rings. The molecule has 4 N–H and O–H groups in total. The Labute approximate surface area is 231 Å². The van der Waals surface area contributed by atoms with Crippen LogP contribution in [-0.4, -0.2) is 96.3 Å². The number of hydrogen-bond acceptors (Lipinski definition) is 12. The third-order valence-corrected chi connectivity index (χ3v) is 10.8. The molecule has 4 rings (SSSR count). The maximum absolute atomic E-state index is 13.1. The molecule has 0 aliphatic carbocycles. The number of carboxylic acid groups (broad SMARTS) is 1. The van der Waals surface area contributed by atoms with Gasteiger partial charge in [0.2, 0.25) is 5.16 Å². The summed E-state index contributed by atoms with van der Waals surface area (Å²) in [4.78, 5) is 39.3. The fraction of sp³-hybridized carbons (Fsp3) is 0.455. The first kappa shape index (κ1) is 29.2. The number of carbonyl (C=O) groups is 3. The number of carbonyl (C=O) groups excluding carboxylic acids is 2. The summed E-state index contributed by atoms with van der Waals surface area (Å²) >= 11 is 2.49. The molecular formula is C22H27N6O8PS2. The van der Waals surface area contributed by atoms with Crippen molar-refractivity contribution in [2.24, 2.45) is 0 Å². The van der Waals surface area contributed by atoms with Crippen molar-refractivity contribution >= 4 is 48.9 Å². The van der Waals surface area contributed by atoms with Crippen LogP contribution in [0.4, 0.5) is 0 Å². The van der Waals surface area contributed by atoms with Gasteiger partial charge in [-0.2, -0.15) is 0 Å². The molecule has 17 heteroatoms. The monoisotopic (exact) mass is 598 g/mol. The average molecular weight is 599 g/mol. The number of aliphatic carboxylic acids is 1. The molecule has 2 unspecified atom stereocenters. The second-order valence-electron chi connectivity index (χ2n) is 8.54. The number of thioether (sulfide) groups is 2. The number of tetrazole rings is 1. The molecule has 4 atom stereocenters. The summed E-state index contributed by atoms with van der Waals surface area (Å²) < 4.78 is 22.5. The molecule has 1 aromatic carbocycles. The number of rotatable bonds is 13. The maximum atomic E-state index is 13.1. The van der Waals surface area contributed by atoms with E-state index in [-0.39, 0.29) is 17.6 Å². The van der Waals surface area contributed by atoms with E-state index in [0.717, 1.165) is 4.90 Å². The van der Waals surface area contributed by atoms with Crippen LogP contribution in [-0.2, 0) is 28.0 Å². The normalized spacial score (nSPS) is 20.7. The summed E-state index contributed by atoms with van der Waals surface area (Å²) in [5.41, 5.74) is 0.665. The number of β-lactam (4-membered cyclic amide) rings is 1. The van der Waals surface area contributed by atoms with Crippen LogP contribution < -0.4 is 5.32 Å². The molecule has 2 amide bonds. The lowest BCUT2D eigenvalue weighted by atomic mass is 9.99. The number of nitrogens with zero attached hydrogens (tertiary/aromatic N) is 4. The van der Waals surface area contributed by atoms with Gasteiger partial charge < -0.3 is 24.6 Å². The standard InChI is InChI=1S/C22H27N6O8PS2/c1-35-37(34,36-2)10-6-9-14(39-22-24-26-27-25-22)13-11-38-20-15(19(31)28(20)16(13)21(32)33)23-18(30)17(29)12-7-4-3-5-8-12/h3-5,7-8,14-15,17,20,29H,6,9-11H2,1-2H3,(H,23,30)(H,32,33)(H,24,25,26,27)/t14?,15-,17?,20+/m1/s1. The third-order valence-electron chi connectivity index (χ3n) is 6.28. The van der Waals surface area contributed by atoms with Gasteiger partial charge in [-0.1, -0.05) is 42.1 Å². The predicted octanol–water partition coefficient (Wildman–Crippen LogP) is 1.40. The summed E-state index contributed by atoms with van der Waals surface area (Å²) in [6.07, 6.45) is -0.631. The first-order chi connectivity index (χ1) is 18.7. The van der Waals surface area contributed by atoms with E-state index in [0.29, 0.717) is 29.1 Å². The smallest absolute Gasteiger partial charge is 0.352 e. The lowest BCUT2D eigenvalue weighted by Crippen LogP contribution is -2.71. The molecule has 2 aromatic rings. The highest BCUT2D eigenvalue weighted by Crippen LogP contribution is 2.49. The average Bonchev–Trinajstić information content (AvgIpc) is 3.47. The predicted molar refractivity (Wildman–Crippen MR) is 141 cm³/mol. The van der Waals surface area contributed by atoms with Crippen molar-refractivity contribution in [1.82, 2.24) is 30.8 Å². The van der Waals surface area contributed by atoms with Crippen LogP contribution in [0.15, 0.2) is 46.8 Å². The zero-order valence-corrected chi connectivity index (χ0v) is 23.4. The van der Waals surface area contributed by atoms with Crippen LogP contribution in [0.25, 0.3) is 0 Å². The molecule has 210 valence electrons. The van der Waals surface area contributed by atoms with E-state index in [2.05, 4.69) is 25.9 Å². The Hall–Kier alpha value is -2.75. The third kappa shape index (κ3) is 6.36. The molecule has 2 aliphatic heterocycles. The molecule has 0 bridgehead atoms. The summed E-state index contributed by atoms with van der Waals surface area (Å²) in [6.45, 7) is 0. The zero-order valence-electron chi connectivity index (χ0n) is 20.9. The summed E-state index contributed by atoms with van der Waals surface area (Å²) in [5.74, 6) is -2.39. The Balaban J connectivity index is 1.53. The minimum atomic E-state index is -3.28. The van der Waals surface area contributed by atoms with Crippen molar-refractivity contribution in [2.45, 2.75) is 40.8 Å². The number of hydrogen-bond donors (Lipinski definition) is 4. The Morgan fingerprint density at radius 3 is 2.64 bits per heavy atom. The summed E-state index contributed by atoms with van der Waals surface area (Å²) in [5, 5.41) is 35.9. The van der Waals surface area contributed by atoms with Gasteiger partial charge in [-0.15, -0.1) is 16.9 Å². The number of aromatic nitrogens is 4. The number of nitrogens with one attached hydrogen (secondary N) is 2. The van der Waals surface area contributed by atoms with Crippen molar-refractivity contribution < 1.29 is 38.2 Å². The Morgan fingerprint density at radius 1 is 1.31 bits per heavy atom. The van der Waals surface area contributed by atoms with Crippen molar-refractivity contribution in [1.29, 1.82) is 0 Å². The van der Waals surface area contributed by atoms with Crippen LogP contribution in [0.5, 0.6) is 0 Å². The fourth-order valence-corrected chi connectivity index (χ4v) is 7.96. The Bertz CT molecular complexity index is 1270. The number of benzene rings is 1. The quantitative estimate of drug-likeness (QED) is 0.147. The number of aliphatic hydroxyl groups is 1. The molecule has 0 spiro atoms. The largest absolute Gasteiger partial charge is 0.477 e. The van der Waals surface area contributed by atoms with Gasteiger partial charge in [-0.25, -0.2) is 9.89 Å². The van der Waals surface area contributed by atoms with Gasteiger partial charge in [0.1, 0.15) is 17.1 Å². The van der Waals surface area contributed by atoms with Gasteiger partial charge in [0.05, 0.1) is 6.16 Å². The highest BCUT2D eigenvalue weighted by molar-refractivity contribution is 8.01. The van der Waals surface area contributed by atoms with E-state index in [1.165, 1.54) is 37.7 Å². The first-order valence-electron chi connectivity index (χ1n) is 11.7. The molecule has 3 heterocycles. The lowest BCUT2D eigenvalue weighted by Gasteiger charge is -2.50. The van der Waals surface area contributed by atoms with Gasteiger partial charge >= 0.3 is 13.6 Å². The second kappa shape index (κ2) is 12.6. The van der Waals surface area contributed by atoms with E-state index in [1.807, 2.05) is 0 Å². The van der Waals surface area contributed by atoms with Crippen LogP contribution in [0, 0.1) is 0 Å². The number of aromatic amines is 1. The minimum absolute atomic E-state index is 0.109. The number of carboxylic acids is 1. The Kier molecular flexibility index (Phi) is 9.46. The van der Waals surface area contributed by atoms with Crippen LogP contribution >= 0.6 is 31.1 Å². The maximum Gasteiger partial charge on any atom is 0.352 e. The van der Waals surface area contributed by atoms with Crippen molar-refractivity contribution in [3.63, 3.8) is 0 Å². The van der Waals surface area contributed by atoms with Gasteiger partial charge in [-0.05, 0) is 34.4 Å². The van der Waals surface area contributed by atoms with Gasteiger partial charge in [-0.3, -0.25) is 19.1 Å². The number of amides is 2. The van der Waals surface area contributed by atoms with E-state index < -0.39 is 48.1 Å². The second-order valence-corrected chi connectivity index (χ2v) is 13.2. The van der Waals surface area contributed by atoms with E-state index >= 15 is 0 Å². The highest BCUT2D eigenvalue weighted by atomic mass is 32.2. The number of H-pyrrole nitrogens is 1. The number of aliphatic hydroxyl groups excluding tert-OH is 1. The Morgan fingerprint density at radius 2 is 2.03 bits per heavy atom. The minimum Gasteiger partial charge on any atom is -0.477 e. The molecule has 1 saturated heterocycles. The molecule has 1 aromatic heterocycles. The van der Waals surface area contributed by atoms with E-state index in [4.69, 9.17) is 9.05 Å². The molecule has 0 radical (unpaired) electrons. The van der Waals surface area contributed by atoms with Gasteiger partial charge in [0.15, 0.2) is 6.10 Å². The molecular weight excluding hydrogens is 571 g/mol. The van der Waals surface area contributed by atoms with Gasteiger partial charge in [0, 0.05) is 25.2 Å². The van der Waals surface area contributed by atoms with Crippen molar-refractivity contribution in [2.75, 3.05) is 26.1 Å². The summed E-state index contributed by atoms with van der Waals surface area (Å²) in [7, 11) is -0.686. The topological polar surface area (TPSA) is 197 Å². The molecule has 0 saturated carbocycles. The highest BCUT2D eigenvalue weighted by Gasteiger charge is 2.55. The summed E-state index contributed by atoms with van der Waals surface area (Å²) in [6, 6.07) is 7.29. The molecule has 14 nitrogen and oxygen atoms in total. The van der Waals surface area contributed by atoms with Crippen LogP contribution in [0.2, 0.25) is 0 Å². The van der Waals surface area contributed by atoms with Crippen molar-refractivity contribution in [3.05, 3.63) is 47.2 Å². The first-order valence-corrected chi connectivity index (χ1v) is 15.4. The van der Waals surface area contributed by atoms with Gasteiger partial charge in [0.25, 0.3) is 11.8 Å².